The summed E-state index contributed by atoms with van der Waals surface area (Å²) in [5, 5.41) is 9.31. The molecule has 0 saturated carbocycles. The van der Waals surface area contributed by atoms with Crippen molar-refractivity contribution in [2.45, 2.75) is 30.2 Å². The van der Waals surface area contributed by atoms with Gasteiger partial charge in [0.25, 0.3) is 5.91 Å². The molecule has 26 heavy (non-hydrogen) atoms. The topological polar surface area (TPSA) is 104 Å². The molecule has 0 radical (unpaired) electrons. The van der Waals surface area contributed by atoms with E-state index in [1.54, 1.807) is 0 Å². The molecule has 0 bridgehead atoms. The van der Waals surface area contributed by atoms with Crippen molar-refractivity contribution < 1.29 is 27.9 Å². The number of piperidine rings is 1. The number of aliphatic carboxylic acids is 1. The van der Waals surface area contributed by atoms with Crippen LogP contribution in [-0.4, -0.2) is 73.5 Å². The molecule has 2 aliphatic rings. The Morgan fingerprint density at radius 1 is 1.04 bits per heavy atom. The van der Waals surface area contributed by atoms with Crippen molar-refractivity contribution >= 4 is 21.9 Å². The number of nitrogens with zero attached hydrogens (tertiary/aromatic N) is 2. The first-order chi connectivity index (χ1) is 12.4. The zero-order chi connectivity index (χ0) is 18.7. The first-order valence-corrected chi connectivity index (χ1v) is 10.1. The van der Waals surface area contributed by atoms with Crippen LogP contribution < -0.4 is 0 Å². The molecule has 2 aliphatic heterocycles. The van der Waals surface area contributed by atoms with E-state index in [4.69, 9.17) is 4.74 Å². The Kier molecular flexibility index (Phi) is 5.59. The quantitative estimate of drug-likeness (QED) is 0.826. The van der Waals surface area contributed by atoms with E-state index in [-0.39, 0.29) is 10.8 Å². The number of rotatable bonds is 4. The van der Waals surface area contributed by atoms with E-state index in [9.17, 15) is 23.1 Å². The van der Waals surface area contributed by atoms with Crippen LogP contribution in [0.4, 0.5) is 0 Å². The summed E-state index contributed by atoms with van der Waals surface area (Å²) in [6, 6.07) is 4.87. The molecule has 1 aromatic carbocycles. The average Bonchev–Trinajstić information content (AvgIpc) is 2.68. The Hall–Kier alpha value is -1.97. The SMILES string of the molecule is O=C(O)[C@H]1CCCCN1C(=O)c1ccc(S(=O)(=O)N2CCOCC2)cc1. The Bertz CT molecular complexity index is 771. The third-order valence-electron chi connectivity index (χ3n) is 4.76. The van der Waals surface area contributed by atoms with Gasteiger partial charge in [-0.15, -0.1) is 0 Å². The van der Waals surface area contributed by atoms with Gasteiger partial charge in [-0.25, -0.2) is 13.2 Å². The zero-order valence-electron chi connectivity index (χ0n) is 14.3. The molecule has 1 amide bonds. The highest BCUT2D eigenvalue weighted by molar-refractivity contribution is 7.89. The van der Waals surface area contributed by atoms with Crippen molar-refractivity contribution in [2.24, 2.45) is 0 Å². The number of morpholine rings is 1. The fraction of sp³-hybridized carbons (Fsp3) is 0.529. The van der Waals surface area contributed by atoms with Crippen LogP contribution in [0, 0.1) is 0 Å². The number of carboxylic acids is 1. The second-order valence-electron chi connectivity index (χ2n) is 6.39. The predicted octanol–water partition coefficient (Wildman–Crippen LogP) is 0.787. The second-order valence-corrected chi connectivity index (χ2v) is 8.33. The molecule has 0 aromatic heterocycles. The van der Waals surface area contributed by atoms with Crippen molar-refractivity contribution in [1.29, 1.82) is 0 Å². The van der Waals surface area contributed by atoms with Crippen LogP contribution in [0.15, 0.2) is 29.2 Å². The number of likely N-dealkylation sites (tertiary alicyclic amines) is 1. The molecular weight excluding hydrogens is 360 g/mol. The van der Waals surface area contributed by atoms with E-state index in [0.29, 0.717) is 44.8 Å². The van der Waals surface area contributed by atoms with Gasteiger partial charge in [-0.2, -0.15) is 4.31 Å². The normalized spacial score (nSPS) is 22.2. The Labute approximate surface area is 152 Å². The van der Waals surface area contributed by atoms with Gasteiger partial charge in [0.1, 0.15) is 6.04 Å². The largest absolute Gasteiger partial charge is 0.480 e. The molecule has 2 saturated heterocycles. The minimum atomic E-state index is -3.62. The molecule has 0 aliphatic carbocycles. The van der Waals surface area contributed by atoms with E-state index >= 15 is 0 Å². The number of benzene rings is 1. The van der Waals surface area contributed by atoms with Gasteiger partial charge in [-0.1, -0.05) is 0 Å². The fourth-order valence-corrected chi connectivity index (χ4v) is 4.71. The van der Waals surface area contributed by atoms with Gasteiger partial charge in [0.15, 0.2) is 0 Å². The zero-order valence-corrected chi connectivity index (χ0v) is 15.2. The Morgan fingerprint density at radius 3 is 2.31 bits per heavy atom. The third kappa shape index (κ3) is 3.74. The molecule has 142 valence electrons. The van der Waals surface area contributed by atoms with Crippen LogP contribution in [0.5, 0.6) is 0 Å². The molecule has 9 heteroatoms. The standard InChI is InChI=1S/C17H22N2O6S/c20-16(19-8-2-1-3-15(19)17(21)22)13-4-6-14(7-5-13)26(23,24)18-9-11-25-12-10-18/h4-7,15H,1-3,8-12H2,(H,21,22)/t15-/m1/s1. The van der Waals surface area contributed by atoms with Crippen molar-refractivity contribution in [3.63, 3.8) is 0 Å². The molecular formula is C17H22N2O6S. The van der Waals surface area contributed by atoms with Crippen LogP contribution in [0.25, 0.3) is 0 Å². The number of carbonyl (C=O) groups is 2. The summed E-state index contributed by atoms with van der Waals surface area (Å²) in [5.41, 5.74) is 0.291. The highest BCUT2D eigenvalue weighted by atomic mass is 32.2. The minimum absolute atomic E-state index is 0.115. The smallest absolute Gasteiger partial charge is 0.326 e. The Balaban J connectivity index is 1.78. The summed E-state index contributed by atoms with van der Waals surface area (Å²) in [4.78, 5) is 25.5. The highest BCUT2D eigenvalue weighted by Gasteiger charge is 2.33. The third-order valence-corrected chi connectivity index (χ3v) is 6.67. The monoisotopic (exact) mass is 382 g/mol. The molecule has 3 rings (SSSR count). The van der Waals surface area contributed by atoms with Crippen LogP contribution in [0.3, 0.4) is 0 Å². The van der Waals surface area contributed by atoms with E-state index in [1.807, 2.05) is 0 Å². The Morgan fingerprint density at radius 2 is 1.69 bits per heavy atom. The van der Waals surface area contributed by atoms with Gasteiger partial charge < -0.3 is 14.7 Å². The summed E-state index contributed by atoms with van der Waals surface area (Å²) < 4.78 is 31.8. The van der Waals surface area contributed by atoms with Crippen molar-refractivity contribution in [2.75, 3.05) is 32.8 Å². The lowest BCUT2D eigenvalue weighted by molar-refractivity contribution is -0.143. The van der Waals surface area contributed by atoms with Crippen molar-refractivity contribution in [3.8, 4) is 0 Å². The summed E-state index contributed by atoms with van der Waals surface area (Å²) in [5.74, 6) is -1.39. The van der Waals surface area contributed by atoms with Gasteiger partial charge in [0, 0.05) is 25.2 Å². The maximum atomic E-state index is 12.7. The second kappa shape index (κ2) is 7.73. The van der Waals surface area contributed by atoms with Crippen molar-refractivity contribution in [3.05, 3.63) is 29.8 Å². The van der Waals surface area contributed by atoms with Crippen LogP contribution in [0.1, 0.15) is 29.6 Å². The molecule has 0 unspecified atom stereocenters. The lowest BCUT2D eigenvalue weighted by Crippen LogP contribution is -2.48. The van der Waals surface area contributed by atoms with Gasteiger partial charge in [-0.3, -0.25) is 4.79 Å². The van der Waals surface area contributed by atoms with E-state index in [1.165, 1.54) is 33.5 Å². The van der Waals surface area contributed by atoms with Gasteiger partial charge in [-0.05, 0) is 43.5 Å². The number of hydrogen-bond donors (Lipinski definition) is 1. The molecule has 8 nitrogen and oxygen atoms in total. The maximum Gasteiger partial charge on any atom is 0.326 e. The number of hydrogen-bond acceptors (Lipinski definition) is 5. The fourth-order valence-electron chi connectivity index (χ4n) is 3.30. The summed E-state index contributed by atoms with van der Waals surface area (Å²) >= 11 is 0. The number of carboxylic acid groups (broad SMARTS) is 1. The van der Waals surface area contributed by atoms with Crippen LogP contribution >= 0.6 is 0 Å². The van der Waals surface area contributed by atoms with E-state index in [2.05, 4.69) is 0 Å². The molecule has 1 atom stereocenters. The minimum Gasteiger partial charge on any atom is -0.480 e. The van der Waals surface area contributed by atoms with Crippen LogP contribution in [-0.2, 0) is 19.6 Å². The number of carbonyl (C=O) groups excluding carboxylic acids is 1. The lowest BCUT2D eigenvalue weighted by Gasteiger charge is -2.33. The number of amides is 1. The maximum absolute atomic E-state index is 12.7. The van der Waals surface area contributed by atoms with Crippen molar-refractivity contribution in [1.82, 2.24) is 9.21 Å². The summed E-state index contributed by atoms with van der Waals surface area (Å²) in [6.45, 7) is 1.72. The van der Waals surface area contributed by atoms with E-state index < -0.39 is 22.0 Å². The summed E-state index contributed by atoms with van der Waals surface area (Å²) in [7, 11) is -3.62. The number of sulfonamides is 1. The van der Waals surface area contributed by atoms with Gasteiger partial charge in [0.2, 0.25) is 10.0 Å². The highest BCUT2D eigenvalue weighted by Crippen LogP contribution is 2.22. The molecule has 1 N–H and O–H groups in total. The number of ether oxygens (including phenoxy) is 1. The van der Waals surface area contributed by atoms with Crippen LogP contribution in [0.2, 0.25) is 0 Å². The van der Waals surface area contributed by atoms with Gasteiger partial charge >= 0.3 is 5.97 Å². The lowest BCUT2D eigenvalue weighted by atomic mass is 10.0. The van der Waals surface area contributed by atoms with E-state index in [0.717, 1.165) is 12.8 Å². The molecule has 2 heterocycles. The van der Waals surface area contributed by atoms with Gasteiger partial charge in [0.05, 0.1) is 18.1 Å². The molecule has 2 fully saturated rings. The molecule has 0 spiro atoms. The summed E-state index contributed by atoms with van der Waals surface area (Å²) in [6.07, 6.45) is 1.97. The average molecular weight is 382 g/mol. The first kappa shape index (κ1) is 18.8. The molecule has 1 aromatic rings. The predicted molar refractivity (Wildman–Crippen MR) is 92.3 cm³/mol. The first-order valence-electron chi connectivity index (χ1n) is 8.63.